The van der Waals surface area contributed by atoms with E-state index < -0.39 is 0 Å². The molecule has 0 bridgehead atoms. The molecule has 0 aromatic carbocycles. The Morgan fingerprint density at radius 2 is 2.00 bits per heavy atom. The Bertz CT molecular complexity index is 170. The van der Waals surface area contributed by atoms with Gasteiger partial charge in [0.05, 0.1) is 12.2 Å². The highest BCUT2D eigenvalue weighted by Gasteiger charge is 2.16. The van der Waals surface area contributed by atoms with Crippen molar-refractivity contribution in [3.63, 3.8) is 0 Å². The Balaban J connectivity index is 1.91. The van der Waals surface area contributed by atoms with Crippen molar-refractivity contribution in [2.45, 2.75) is 64.6 Å². The predicted molar refractivity (Wildman–Crippen MR) is 71.4 cm³/mol. The summed E-state index contributed by atoms with van der Waals surface area (Å²) in [5.74, 6) is 0. The molecule has 0 heterocycles. The first kappa shape index (κ1) is 14.9. The number of nitrogens with one attached hydrogen (secondary N) is 1. The molecule has 1 unspecified atom stereocenters. The van der Waals surface area contributed by atoms with Crippen LogP contribution in [0.25, 0.3) is 0 Å². The quantitative estimate of drug-likeness (QED) is 0.632. The summed E-state index contributed by atoms with van der Waals surface area (Å²) in [5, 5.41) is 3.43. The van der Waals surface area contributed by atoms with E-state index in [1.165, 1.54) is 32.1 Å². The zero-order valence-electron chi connectivity index (χ0n) is 11.5. The van der Waals surface area contributed by atoms with Gasteiger partial charge in [-0.3, -0.25) is 0 Å². The van der Waals surface area contributed by atoms with E-state index in [0.717, 1.165) is 32.7 Å². The van der Waals surface area contributed by atoms with E-state index in [2.05, 4.69) is 12.2 Å². The van der Waals surface area contributed by atoms with Crippen molar-refractivity contribution in [3.05, 3.63) is 0 Å². The Hall–Kier alpha value is -0.120. The first-order valence-corrected chi connectivity index (χ1v) is 7.27. The zero-order chi connectivity index (χ0) is 12.3. The van der Waals surface area contributed by atoms with Crippen LogP contribution in [0.1, 0.15) is 52.4 Å². The SMILES string of the molecule is CCOCCCNCC(C)OC1CCCCC1. The summed E-state index contributed by atoms with van der Waals surface area (Å²) in [6.07, 6.45) is 8.55. The van der Waals surface area contributed by atoms with Gasteiger partial charge in [-0.1, -0.05) is 19.3 Å². The van der Waals surface area contributed by atoms with Gasteiger partial charge in [0.1, 0.15) is 0 Å². The number of ether oxygens (including phenoxy) is 2. The molecule has 1 fully saturated rings. The van der Waals surface area contributed by atoms with E-state index in [-0.39, 0.29) is 0 Å². The molecule has 0 aliphatic heterocycles. The number of hydrogen-bond acceptors (Lipinski definition) is 3. The third-order valence-electron chi connectivity index (χ3n) is 3.26. The topological polar surface area (TPSA) is 30.5 Å². The van der Waals surface area contributed by atoms with Crippen LogP contribution in [0.3, 0.4) is 0 Å². The molecule has 1 N–H and O–H groups in total. The van der Waals surface area contributed by atoms with Crippen molar-refractivity contribution in [2.24, 2.45) is 0 Å². The van der Waals surface area contributed by atoms with Gasteiger partial charge in [-0.15, -0.1) is 0 Å². The molecule has 1 saturated carbocycles. The molecule has 17 heavy (non-hydrogen) atoms. The smallest absolute Gasteiger partial charge is 0.0675 e. The van der Waals surface area contributed by atoms with Crippen molar-refractivity contribution >= 4 is 0 Å². The van der Waals surface area contributed by atoms with Crippen LogP contribution in [0, 0.1) is 0 Å². The summed E-state index contributed by atoms with van der Waals surface area (Å²) in [6.45, 7) is 7.88. The van der Waals surface area contributed by atoms with E-state index in [9.17, 15) is 0 Å². The molecular formula is C14H29NO2. The van der Waals surface area contributed by atoms with Gasteiger partial charge < -0.3 is 14.8 Å². The maximum absolute atomic E-state index is 6.03. The van der Waals surface area contributed by atoms with E-state index in [0.29, 0.717) is 12.2 Å². The van der Waals surface area contributed by atoms with Gasteiger partial charge in [0, 0.05) is 19.8 Å². The van der Waals surface area contributed by atoms with E-state index in [4.69, 9.17) is 9.47 Å². The Morgan fingerprint density at radius 1 is 1.24 bits per heavy atom. The van der Waals surface area contributed by atoms with Gasteiger partial charge in [-0.05, 0) is 39.7 Å². The van der Waals surface area contributed by atoms with Crippen molar-refractivity contribution in [1.29, 1.82) is 0 Å². The largest absolute Gasteiger partial charge is 0.382 e. The van der Waals surface area contributed by atoms with Crippen LogP contribution >= 0.6 is 0 Å². The van der Waals surface area contributed by atoms with Crippen molar-refractivity contribution in [1.82, 2.24) is 5.32 Å². The first-order chi connectivity index (χ1) is 8.33. The van der Waals surface area contributed by atoms with Crippen LogP contribution in [0.15, 0.2) is 0 Å². The molecule has 0 radical (unpaired) electrons. The van der Waals surface area contributed by atoms with Crippen LogP contribution in [-0.2, 0) is 9.47 Å². The molecule has 0 spiro atoms. The molecule has 0 saturated heterocycles. The third kappa shape index (κ3) is 7.74. The molecule has 3 nitrogen and oxygen atoms in total. The van der Waals surface area contributed by atoms with Gasteiger partial charge in [0.2, 0.25) is 0 Å². The van der Waals surface area contributed by atoms with Crippen molar-refractivity contribution < 1.29 is 9.47 Å². The van der Waals surface area contributed by atoms with Crippen molar-refractivity contribution in [3.8, 4) is 0 Å². The summed E-state index contributed by atoms with van der Waals surface area (Å²) in [4.78, 5) is 0. The lowest BCUT2D eigenvalue weighted by Crippen LogP contribution is -2.32. The second-order valence-corrected chi connectivity index (χ2v) is 4.96. The minimum absolute atomic E-state index is 0.338. The second kappa shape index (κ2) is 9.86. The summed E-state index contributed by atoms with van der Waals surface area (Å²) >= 11 is 0. The van der Waals surface area contributed by atoms with Crippen molar-refractivity contribution in [2.75, 3.05) is 26.3 Å². The lowest BCUT2D eigenvalue weighted by atomic mass is 9.98. The monoisotopic (exact) mass is 243 g/mol. The maximum Gasteiger partial charge on any atom is 0.0675 e. The molecule has 0 aromatic rings. The lowest BCUT2D eigenvalue weighted by Gasteiger charge is -2.25. The van der Waals surface area contributed by atoms with Gasteiger partial charge in [-0.25, -0.2) is 0 Å². The molecule has 1 atom stereocenters. The lowest BCUT2D eigenvalue weighted by molar-refractivity contribution is -0.0199. The highest BCUT2D eigenvalue weighted by molar-refractivity contribution is 4.67. The van der Waals surface area contributed by atoms with Crippen LogP contribution < -0.4 is 5.32 Å². The summed E-state index contributed by atoms with van der Waals surface area (Å²) in [7, 11) is 0. The average Bonchev–Trinajstić information content (AvgIpc) is 2.35. The molecule has 1 rings (SSSR count). The molecule has 102 valence electrons. The predicted octanol–water partition coefficient (Wildman–Crippen LogP) is 2.74. The fourth-order valence-corrected chi connectivity index (χ4v) is 2.33. The zero-order valence-corrected chi connectivity index (χ0v) is 11.5. The molecular weight excluding hydrogens is 214 g/mol. The summed E-state index contributed by atoms with van der Waals surface area (Å²) in [6, 6.07) is 0. The summed E-state index contributed by atoms with van der Waals surface area (Å²) in [5.41, 5.74) is 0. The maximum atomic E-state index is 6.03. The van der Waals surface area contributed by atoms with Crippen LogP contribution in [0.4, 0.5) is 0 Å². The van der Waals surface area contributed by atoms with Gasteiger partial charge in [0.15, 0.2) is 0 Å². The van der Waals surface area contributed by atoms with Gasteiger partial charge in [-0.2, -0.15) is 0 Å². The highest BCUT2D eigenvalue weighted by Crippen LogP contribution is 2.21. The fourth-order valence-electron chi connectivity index (χ4n) is 2.33. The number of hydrogen-bond donors (Lipinski definition) is 1. The molecule has 1 aliphatic rings. The minimum atomic E-state index is 0.338. The fraction of sp³-hybridized carbons (Fsp3) is 1.00. The highest BCUT2D eigenvalue weighted by atomic mass is 16.5. The Kier molecular flexibility index (Phi) is 8.67. The van der Waals surface area contributed by atoms with Crippen LogP contribution in [0.5, 0.6) is 0 Å². The van der Waals surface area contributed by atoms with E-state index in [1.54, 1.807) is 0 Å². The third-order valence-corrected chi connectivity index (χ3v) is 3.26. The van der Waals surface area contributed by atoms with E-state index >= 15 is 0 Å². The molecule has 0 aromatic heterocycles. The van der Waals surface area contributed by atoms with Crippen LogP contribution in [-0.4, -0.2) is 38.5 Å². The van der Waals surface area contributed by atoms with Gasteiger partial charge in [0.25, 0.3) is 0 Å². The molecule has 0 amide bonds. The summed E-state index contributed by atoms with van der Waals surface area (Å²) < 4.78 is 11.3. The first-order valence-electron chi connectivity index (χ1n) is 7.27. The molecule has 3 heteroatoms. The second-order valence-electron chi connectivity index (χ2n) is 4.96. The minimum Gasteiger partial charge on any atom is -0.382 e. The Morgan fingerprint density at radius 3 is 2.71 bits per heavy atom. The molecule has 1 aliphatic carbocycles. The Labute approximate surface area is 106 Å². The standard InChI is InChI=1S/C14H29NO2/c1-3-16-11-7-10-15-12-13(2)17-14-8-5-4-6-9-14/h13-15H,3-12H2,1-2H3. The van der Waals surface area contributed by atoms with Crippen LogP contribution in [0.2, 0.25) is 0 Å². The normalized spacial score (nSPS) is 19.4. The number of rotatable bonds is 9. The average molecular weight is 243 g/mol. The van der Waals surface area contributed by atoms with Gasteiger partial charge >= 0.3 is 0 Å². The van der Waals surface area contributed by atoms with E-state index in [1.807, 2.05) is 6.92 Å².